The van der Waals surface area contributed by atoms with Crippen molar-refractivity contribution in [2.45, 2.75) is 13.3 Å². The van der Waals surface area contributed by atoms with Gasteiger partial charge in [-0.1, -0.05) is 34.6 Å². The summed E-state index contributed by atoms with van der Waals surface area (Å²) in [5, 5.41) is 0. The summed E-state index contributed by atoms with van der Waals surface area (Å²) < 4.78 is 1.15. The highest BCUT2D eigenvalue weighted by Gasteiger charge is 1.77. The van der Waals surface area contributed by atoms with Crippen LogP contribution in [-0.2, 0) is 0 Å². The van der Waals surface area contributed by atoms with Crippen LogP contribution in [0.15, 0.2) is 11.6 Å². The van der Waals surface area contributed by atoms with Gasteiger partial charge in [-0.3, -0.25) is 0 Å². The number of halogens is 1. The molecule has 0 N–H and O–H groups in total. The number of hydrogen-bond acceptors (Lipinski definition) is 0. The van der Waals surface area contributed by atoms with Crippen LogP contribution in [0.1, 0.15) is 13.3 Å². The molecule has 0 radical (unpaired) electrons. The molecule has 0 aromatic carbocycles. The third-order valence-electron chi connectivity index (χ3n) is 0.787. The first-order chi connectivity index (χ1) is 3.81. The summed E-state index contributed by atoms with van der Waals surface area (Å²) in [6, 6.07) is 0. The largest absolute Gasteiger partial charge is 0.115 e. The molecule has 44 valence electrons. The van der Waals surface area contributed by atoms with E-state index in [4.69, 9.17) is 6.42 Å². The van der Waals surface area contributed by atoms with Crippen molar-refractivity contribution < 1.29 is 0 Å². The summed E-state index contributed by atoms with van der Waals surface area (Å²) in [7, 11) is 0. The van der Waals surface area contributed by atoms with Crippen molar-refractivity contribution in [1.29, 1.82) is 0 Å². The molecule has 0 aliphatic rings. The summed E-state index contributed by atoms with van der Waals surface area (Å²) in [4.78, 5) is 0. The van der Waals surface area contributed by atoms with E-state index < -0.39 is 0 Å². The van der Waals surface area contributed by atoms with Crippen molar-refractivity contribution in [3.63, 3.8) is 0 Å². The van der Waals surface area contributed by atoms with E-state index in [9.17, 15) is 0 Å². The summed E-state index contributed by atoms with van der Waals surface area (Å²) in [5.41, 5.74) is 1.04. The van der Waals surface area contributed by atoms with Crippen molar-refractivity contribution in [3.8, 4) is 12.3 Å². The van der Waals surface area contributed by atoms with E-state index in [1.54, 1.807) is 0 Å². The van der Waals surface area contributed by atoms with E-state index in [2.05, 4.69) is 34.6 Å². The van der Waals surface area contributed by atoms with Gasteiger partial charge in [-0.15, -0.1) is 6.42 Å². The molecule has 0 rings (SSSR count). The first-order valence-electron chi connectivity index (χ1n) is 2.50. The average Bonchev–Trinajstić information content (AvgIpc) is 1.83. The van der Waals surface area contributed by atoms with Crippen LogP contribution < -0.4 is 0 Å². The van der Waals surface area contributed by atoms with Crippen LogP contribution in [0.5, 0.6) is 0 Å². The van der Waals surface area contributed by atoms with Crippen LogP contribution >= 0.6 is 22.6 Å². The standard InChI is InChI=1S/C7H9I/c1-3-7(2)5-4-6-8/h1,5H,4,6H2,2H3/b7-5+. The highest BCUT2D eigenvalue weighted by molar-refractivity contribution is 14.1. The van der Waals surface area contributed by atoms with E-state index in [1.165, 1.54) is 0 Å². The van der Waals surface area contributed by atoms with E-state index in [0.29, 0.717) is 0 Å². The zero-order valence-electron chi connectivity index (χ0n) is 4.95. The van der Waals surface area contributed by atoms with E-state index in [-0.39, 0.29) is 0 Å². The molecule has 0 nitrogen and oxygen atoms in total. The fraction of sp³-hybridized carbons (Fsp3) is 0.429. The van der Waals surface area contributed by atoms with Gasteiger partial charge in [0, 0.05) is 4.43 Å². The molecule has 0 saturated heterocycles. The smallest absolute Gasteiger partial charge is 0.00303 e. The number of rotatable bonds is 2. The van der Waals surface area contributed by atoms with E-state index >= 15 is 0 Å². The highest BCUT2D eigenvalue weighted by atomic mass is 127. The van der Waals surface area contributed by atoms with Gasteiger partial charge in [0.15, 0.2) is 0 Å². The second-order valence-electron chi connectivity index (χ2n) is 1.51. The number of terminal acetylenes is 1. The molecule has 0 heterocycles. The molecular formula is C7H9I. The van der Waals surface area contributed by atoms with Crippen LogP contribution in [0.4, 0.5) is 0 Å². The third-order valence-corrected chi connectivity index (χ3v) is 1.41. The Morgan fingerprint density at radius 1 is 1.88 bits per heavy atom. The fourth-order valence-corrected chi connectivity index (χ4v) is 0.641. The summed E-state index contributed by atoms with van der Waals surface area (Å²) >= 11 is 2.32. The van der Waals surface area contributed by atoms with Gasteiger partial charge in [0.25, 0.3) is 0 Å². The molecule has 8 heavy (non-hydrogen) atoms. The predicted octanol–water partition coefficient (Wildman–Crippen LogP) is 2.39. The van der Waals surface area contributed by atoms with Gasteiger partial charge in [-0.05, 0) is 18.9 Å². The Kier molecular flexibility index (Phi) is 5.19. The van der Waals surface area contributed by atoms with Gasteiger partial charge < -0.3 is 0 Å². The molecule has 1 heteroatoms. The molecule has 0 aromatic heterocycles. The second kappa shape index (κ2) is 5.17. The van der Waals surface area contributed by atoms with Crippen molar-refractivity contribution in [1.82, 2.24) is 0 Å². The van der Waals surface area contributed by atoms with Gasteiger partial charge in [0.2, 0.25) is 0 Å². The lowest BCUT2D eigenvalue weighted by atomic mass is 10.3. The molecular weight excluding hydrogens is 211 g/mol. The quantitative estimate of drug-likeness (QED) is 0.380. The van der Waals surface area contributed by atoms with Crippen LogP contribution in [0, 0.1) is 12.3 Å². The van der Waals surface area contributed by atoms with E-state index in [0.717, 1.165) is 16.4 Å². The van der Waals surface area contributed by atoms with Crippen LogP contribution in [-0.4, -0.2) is 4.43 Å². The summed E-state index contributed by atoms with van der Waals surface area (Å²) in [6.45, 7) is 1.95. The fourth-order valence-electron chi connectivity index (χ4n) is 0.330. The summed E-state index contributed by atoms with van der Waals surface area (Å²) in [6.07, 6.45) is 8.26. The average molecular weight is 220 g/mol. The molecule has 0 amide bonds. The second-order valence-corrected chi connectivity index (χ2v) is 2.59. The number of alkyl halides is 1. The molecule has 0 aliphatic heterocycles. The molecule has 0 aliphatic carbocycles. The lowest BCUT2D eigenvalue weighted by Crippen LogP contribution is -1.69. The first-order valence-corrected chi connectivity index (χ1v) is 4.03. The Hall–Kier alpha value is 0.0300. The molecule has 0 fully saturated rings. The monoisotopic (exact) mass is 220 g/mol. The minimum atomic E-state index is 1.04. The van der Waals surface area contributed by atoms with Crippen LogP contribution in [0.25, 0.3) is 0 Å². The first kappa shape index (κ1) is 8.03. The minimum absolute atomic E-state index is 1.04. The van der Waals surface area contributed by atoms with Crippen molar-refractivity contribution in [2.75, 3.05) is 4.43 Å². The maximum Gasteiger partial charge on any atom is 0.00303 e. The molecule has 0 spiro atoms. The molecule has 0 atom stereocenters. The zero-order valence-corrected chi connectivity index (χ0v) is 7.10. The Bertz CT molecular complexity index is 117. The minimum Gasteiger partial charge on any atom is -0.115 e. The zero-order chi connectivity index (χ0) is 6.41. The Morgan fingerprint density at radius 3 is 2.88 bits per heavy atom. The van der Waals surface area contributed by atoms with Crippen LogP contribution in [0.2, 0.25) is 0 Å². The third kappa shape index (κ3) is 4.20. The van der Waals surface area contributed by atoms with Gasteiger partial charge in [-0.25, -0.2) is 0 Å². The topological polar surface area (TPSA) is 0 Å². The van der Waals surface area contributed by atoms with Gasteiger partial charge in [0.1, 0.15) is 0 Å². The van der Waals surface area contributed by atoms with E-state index in [1.807, 2.05) is 6.92 Å². The normalized spacial score (nSPS) is 10.9. The van der Waals surface area contributed by atoms with Crippen LogP contribution in [0.3, 0.4) is 0 Å². The van der Waals surface area contributed by atoms with Crippen molar-refractivity contribution >= 4 is 22.6 Å². The maximum atomic E-state index is 5.09. The Balaban J connectivity index is 3.46. The molecule has 0 saturated carbocycles. The molecule has 0 aromatic rings. The predicted molar refractivity (Wildman–Crippen MR) is 46.1 cm³/mol. The number of hydrogen-bond donors (Lipinski definition) is 0. The Morgan fingerprint density at radius 2 is 2.50 bits per heavy atom. The maximum absolute atomic E-state index is 5.09. The summed E-state index contributed by atoms with van der Waals surface area (Å²) in [5.74, 6) is 2.56. The highest BCUT2D eigenvalue weighted by Crippen LogP contribution is 1.95. The van der Waals surface area contributed by atoms with Gasteiger partial charge in [0.05, 0.1) is 0 Å². The van der Waals surface area contributed by atoms with Gasteiger partial charge in [-0.2, -0.15) is 0 Å². The Labute approximate surface area is 64.5 Å². The van der Waals surface area contributed by atoms with Gasteiger partial charge >= 0.3 is 0 Å². The van der Waals surface area contributed by atoms with Crippen molar-refractivity contribution in [3.05, 3.63) is 11.6 Å². The lowest BCUT2D eigenvalue weighted by Gasteiger charge is -1.83. The lowest BCUT2D eigenvalue weighted by molar-refractivity contribution is 1.25. The molecule has 0 bridgehead atoms. The molecule has 0 unspecified atom stereocenters. The SMILES string of the molecule is C#C/C(C)=C/CCI. The number of allylic oxidation sites excluding steroid dienone is 2. The van der Waals surface area contributed by atoms with Crippen molar-refractivity contribution in [2.24, 2.45) is 0 Å².